The maximum atomic E-state index is 12.6. The van der Waals surface area contributed by atoms with Gasteiger partial charge in [-0.15, -0.1) is 0 Å². The number of aliphatic hydroxyl groups is 1. The molecule has 0 aliphatic heterocycles. The van der Waals surface area contributed by atoms with Gasteiger partial charge in [0.1, 0.15) is 5.82 Å². The summed E-state index contributed by atoms with van der Waals surface area (Å²) in [6.07, 6.45) is 0.265. The molecule has 0 spiro atoms. The number of halogens is 1. The van der Waals surface area contributed by atoms with Gasteiger partial charge in [0.05, 0.1) is 5.92 Å². The van der Waals surface area contributed by atoms with E-state index in [1.165, 1.54) is 24.3 Å². The monoisotopic (exact) mass is 197 g/mol. The largest absolute Gasteiger partial charge is 0.396 e. The predicted octanol–water partition coefficient (Wildman–Crippen LogP) is 0.777. The van der Waals surface area contributed by atoms with E-state index in [0.29, 0.717) is 5.56 Å². The molecule has 1 atom stereocenters. The van der Waals surface area contributed by atoms with Crippen molar-refractivity contribution in [1.29, 1.82) is 0 Å². The quantitative estimate of drug-likeness (QED) is 0.749. The molecule has 1 amide bonds. The minimum absolute atomic E-state index is 0.120. The van der Waals surface area contributed by atoms with Gasteiger partial charge in [-0.2, -0.15) is 0 Å². The molecule has 0 aliphatic rings. The molecular weight excluding hydrogens is 185 g/mol. The third-order valence-corrected chi connectivity index (χ3v) is 2.03. The van der Waals surface area contributed by atoms with Gasteiger partial charge in [0.25, 0.3) is 0 Å². The molecule has 0 radical (unpaired) electrons. The summed E-state index contributed by atoms with van der Waals surface area (Å²) in [6, 6.07) is 5.53. The summed E-state index contributed by atoms with van der Waals surface area (Å²) in [5.41, 5.74) is 5.78. The molecule has 76 valence electrons. The lowest BCUT2D eigenvalue weighted by Crippen LogP contribution is -2.22. The summed E-state index contributed by atoms with van der Waals surface area (Å²) in [6.45, 7) is -0.120. The van der Waals surface area contributed by atoms with E-state index in [2.05, 4.69) is 0 Å². The zero-order valence-electron chi connectivity index (χ0n) is 7.61. The lowest BCUT2D eigenvalue weighted by Gasteiger charge is -2.11. The van der Waals surface area contributed by atoms with Crippen LogP contribution in [0.2, 0.25) is 0 Å². The molecular formula is C10H12FNO2. The van der Waals surface area contributed by atoms with Crippen LogP contribution in [0.15, 0.2) is 24.3 Å². The summed E-state index contributed by atoms with van der Waals surface area (Å²) in [5, 5.41) is 8.72. The van der Waals surface area contributed by atoms with E-state index in [4.69, 9.17) is 10.8 Å². The minimum Gasteiger partial charge on any atom is -0.396 e. The molecule has 3 N–H and O–H groups in total. The van der Waals surface area contributed by atoms with E-state index in [-0.39, 0.29) is 18.8 Å². The van der Waals surface area contributed by atoms with Crippen molar-refractivity contribution in [2.24, 2.45) is 5.73 Å². The van der Waals surface area contributed by atoms with E-state index in [1.54, 1.807) is 0 Å². The van der Waals surface area contributed by atoms with E-state index in [0.717, 1.165) is 0 Å². The number of rotatable bonds is 4. The van der Waals surface area contributed by atoms with Gasteiger partial charge in [-0.05, 0) is 24.1 Å². The number of benzene rings is 1. The zero-order valence-corrected chi connectivity index (χ0v) is 7.61. The van der Waals surface area contributed by atoms with Gasteiger partial charge in [-0.25, -0.2) is 4.39 Å². The second kappa shape index (κ2) is 4.72. The van der Waals surface area contributed by atoms with Crippen molar-refractivity contribution in [3.8, 4) is 0 Å². The first-order valence-electron chi connectivity index (χ1n) is 4.30. The van der Waals surface area contributed by atoms with Crippen molar-refractivity contribution in [2.75, 3.05) is 6.61 Å². The summed E-state index contributed by atoms with van der Waals surface area (Å²) in [7, 11) is 0. The van der Waals surface area contributed by atoms with Gasteiger partial charge in [0.2, 0.25) is 5.91 Å². The zero-order chi connectivity index (χ0) is 10.6. The highest BCUT2D eigenvalue weighted by atomic mass is 19.1. The van der Waals surface area contributed by atoms with Crippen LogP contribution in [0.3, 0.4) is 0 Å². The number of nitrogens with two attached hydrogens (primary N) is 1. The molecule has 1 aromatic carbocycles. The predicted molar refractivity (Wildman–Crippen MR) is 50.0 cm³/mol. The first kappa shape index (κ1) is 10.7. The molecule has 3 nitrogen and oxygen atoms in total. The Hall–Kier alpha value is -1.42. The fraction of sp³-hybridized carbons (Fsp3) is 0.300. The maximum absolute atomic E-state index is 12.6. The maximum Gasteiger partial charge on any atom is 0.225 e. The summed E-state index contributed by atoms with van der Waals surface area (Å²) < 4.78 is 12.6. The molecule has 0 bridgehead atoms. The normalized spacial score (nSPS) is 12.4. The van der Waals surface area contributed by atoms with Crippen LogP contribution in [-0.4, -0.2) is 17.6 Å². The second-order valence-electron chi connectivity index (χ2n) is 3.02. The number of carbonyl (C=O) groups excluding carboxylic acids is 1. The molecule has 0 heterocycles. The van der Waals surface area contributed by atoms with Crippen molar-refractivity contribution in [1.82, 2.24) is 0 Å². The lowest BCUT2D eigenvalue weighted by atomic mass is 9.95. The van der Waals surface area contributed by atoms with Crippen LogP contribution in [0.4, 0.5) is 4.39 Å². The number of carbonyl (C=O) groups is 1. The van der Waals surface area contributed by atoms with Gasteiger partial charge in [-0.1, -0.05) is 12.1 Å². The minimum atomic E-state index is -0.541. The molecule has 0 fully saturated rings. The molecule has 1 aromatic rings. The molecule has 0 saturated heterocycles. The van der Waals surface area contributed by atoms with Crippen molar-refractivity contribution < 1.29 is 14.3 Å². The second-order valence-corrected chi connectivity index (χ2v) is 3.02. The summed E-state index contributed by atoms with van der Waals surface area (Å²) >= 11 is 0. The van der Waals surface area contributed by atoms with Crippen LogP contribution < -0.4 is 5.73 Å². The van der Waals surface area contributed by atoms with E-state index in [1.807, 2.05) is 0 Å². The Bertz CT molecular complexity index is 310. The molecule has 14 heavy (non-hydrogen) atoms. The number of aliphatic hydroxyl groups excluding tert-OH is 1. The molecule has 1 unspecified atom stereocenters. The van der Waals surface area contributed by atoms with Crippen LogP contribution in [0.1, 0.15) is 17.9 Å². The van der Waals surface area contributed by atoms with Gasteiger partial charge in [0, 0.05) is 6.61 Å². The van der Waals surface area contributed by atoms with Gasteiger partial charge >= 0.3 is 0 Å². The number of amides is 1. The highest BCUT2D eigenvalue weighted by Crippen LogP contribution is 2.19. The molecule has 0 saturated carbocycles. The van der Waals surface area contributed by atoms with Gasteiger partial charge < -0.3 is 10.8 Å². The summed E-state index contributed by atoms with van der Waals surface area (Å²) in [5.74, 6) is -1.41. The van der Waals surface area contributed by atoms with Crippen molar-refractivity contribution in [2.45, 2.75) is 12.3 Å². The number of hydrogen-bond acceptors (Lipinski definition) is 2. The van der Waals surface area contributed by atoms with Crippen LogP contribution in [0, 0.1) is 5.82 Å². The molecule has 1 rings (SSSR count). The SMILES string of the molecule is NC(=O)C(CCO)c1ccc(F)cc1. The van der Waals surface area contributed by atoms with Gasteiger partial charge in [-0.3, -0.25) is 4.79 Å². The number of primary amides is 1. The smallest absolute Gasteiger partial charge is 0.225 e. The average molecular weight is 197 g/mol. The van der Waals surface area contributed by atoms with Crippen LogP contribution in [-0.2, 0) is 4.79 Å². The Labute approximate surface area is 81.4 Å². The fourth-order valence-corrected chi connectivity index (χ4v) is 1.30. The van der Waals surface area contributed by atoms with E-state index < -0.39 is 11.8 Å². The van der Waals surface area contributed by atoms with Crippen molar-refractivity contribution in [3.05, 3.63) is 35.6 Å². The molecule has 0 aliphatic carbocycles. The Kier molecular flexibility index (Phi) is 3.59. The fourth-order valence-electron chi connectivity index (χ4n) is 1.30. The van der Waals surface area contributed by atoms with Crippen LogP contribution >= 0.6 is 0 Å². The molecule has 0 aromatic heterocycles. The highest BCUT2D eigenvalue weighted by Gasteiger charge is 2.16. The third-order valence-electron chi connectivity index (χ3n) is 2.03. The Morgan fingerprint density at radius 3 is 2.43 bits per heavy atom. The van der Waals surface area contributed by atoms with E-state index >= 15 is 0 Å². The summed E-state index contributed by atoms with van der Waals surface area (Å²) in [4.78, 5) is 11.0. The topological polar surface area (TPSA) is 63.3 Å². The Balaban J connectivity index is 2.87. The lowest BCUT2D eigenvalue weighted by molar-refractivity contribution is -0.119. The first-order valence-corrected chi connectivity index (χ1v) is 4.30. The third kappa shape index (κ3) is 2.53. The Morgan fingerprint density at radius 1 is 1.43 bits per heavy atom. The van der Waals surface area contributed by atoms with Gasteiger partial charge in [0.15, 0.2) is 0 Å². The standard InChI is InChI=1S/C10H12FNO2/c11-8-3-1-7(2-4-8)9(5-6-13)10(12)14/h1-4,9,13H,5-6H2,(H2,12,14). The number of hydrogen-bond donors (Lipinski definition) is 2. The van der Waals surface area contributed by atoms with Crippen molar-refractivity contribution >= 4 is 5.91 Å². The van der Waals surface area contributed by atoms with Crippen LogP contribution in [0.5, 0.6) is 0 Å². The van der Waals surface area contributed by atoms with E-state index in [9.17, 15) is 9.18 Å². The molecule has 4 heteroatoms. The Morgan fingerprint density at radius 2 is 2.00 bits per heavy atom. The first-order chi connectivity index (χ1) is 6.65. The highest BCUT2D eigenvalue weighted by molar-refractivity contribution is 5.81. The van der Waals surface area contributed by atoms with Crippen LogP contribution in [0.25, 0.3) is 0 Å². The van der Waals surface area contributed by atoms with Crippen molar-refractivity contribution in [3.63, 3.8) is 0 Å². The average Bonchev–Trinajstić information content (AvgIpc) is 2.15.